The normalized spacial score (nSPS) is 11.4. The smallest absolute Gasteiger partial charge is 0.226 e. The third kappa shape index (κ3) is 4.91. The van der Waals surface area contributed by atoms with Crippen LogP contribution >= 0.6 is 0 Å². The summed E-state index contributed by atoms with van der Waals surface area (Å²) in [6, 6.07) is 16.3. The Hall–Kier alpha value is -3.28. The molecule has 0 radical (unpaired) electrons. The molecule has 0 unspecified atom stereocenters. The zero-order valence-electron chi connectivity index (χ0n) is 16.9. The number of benzene rings is 2. The van der Waals surface area contributed by atoms with Gasteiger partial charge in [0.05, 0.1) is 12.2 Å². The summed E-state index contributed by atoms with van der Waals surface area (Å²) < 4.78 is 5.58. The summed E-state index contributed by atoms with van der Waals surface area (Å²) in [6.45, 7) is 3.32. The number of anilines is 1. The van der Waals surface area contributed by atoms with E-state index in [1.54, 1.807) is 13.3 Å². The average Bonchev–Trinajstić information content (AvgIpc) is 3.18. The number of aromatic nitrogens is 1. The van der Waals surface area contributed by atoms with E-state index in [0.29, 0.717) is 19.0 Å². The fourth-order valence-electron chi connectivity index (χ4n) is 2.92. The first-order chi connectivity index (χ1) is 13.6. The van der Waals surface area contributed by atoms with Gasteiger partial charge in [0.2, 0.25) is 5.89 Å². The zero-order chi connectivity index (χ0) is 19.9. The number of oxazole rings is 1. The third-order valence-corrected chi connectivity index (χ3v) is 4.40. The summed E-state index contributed by atoms with van der Waals surface area (Å²) >= 11 is 0. The van der Waals surface area contributed by atoms with Crippen LogP contribution in [0.5, 0.6) is 0 Å². The predicted octanol–water partition coefficient (Wildman–Crippen LogP) is 3.58. The molecule has 6 nitrogen and oxygen atoms in total. The van der Waals surface area contributed by atoms with Gasteiger partial charge in [0.25, 0.3) is 0 Å². The molecule has 1 heterocycles. The molecule has 3 rings (SSSR count). The highest BCUT2D eigenvalue weighted by Crippen LogP contribution is 2.20. The number of aliphatic imine (C=N–C) groups is 1. The van der Waals surface area contributed by atoms with Crippen LogP contribution < -0.4 is 15.5 Å². The van der Waals surface area contributed by atoms with Gasteiger partial charge < -0.3 is 20.0 Å². The van der Waals surface area contributed by atoms with Crippen molar-refractivity contribution in [3.05, 3.63) is 71.6 Å². The Bertz CT molecular complexity index is 931. The van der Waals surface area contributed by atoms with Crippen LogP contribution in [-0.2, 0) is 13.1 Å². The molecule has 6 heteroatoms. The Morgan fingerprint density at radius 2 is 1.82 bits per heavy atom. The van der Waals surface area contributed by atoms with Crippen LogP contribution in [0.15, 0.2) is 64.2 Å². The third-order valence-electron chi connectivity index (χ3n) is 4.40. The van der Waals surface area contributed by atoms with E-state index in [1.165, 1.54) is 16.8 Å². The van der Waals surface area contributed by atoms with Crippen molar-refractivity contribution in [3.63, 3.8) is 0 Å². The number of guanidine groups is 1. The molecule has 28 heavy (non-hydrogen) atoms. The van der Waals surface area contributed by atoms with Gasteiger partial charge in [0, 0.05) is 38.9 Å². The number of hydrogen-bond acceptors (Lipinski definition) is 4. The van der Waals surface area contributed by atoms with Gasteiger partial charge >= 0.3 is 0 Å². The van der Waals surface area contributed by atoms with Crippen LogP contribution in [0.3, 0.4) is 0 Å². The molecule has 0 aliphatic carbocycles. The van der Waals surface area contributed by atoms with Crippen LogP contribution in [0, 0.1) is 6.92 Å². The van der Waals surface area contributed by atoms with E-state index in [0.717, 1.165) is 17.2 Å². The average molecular weight is 377 g/mol. The van der Waals surface area contributed by atoms with Crippen molar-refractivity contribution in [1.82, 2.24) is 15.6 Å². The van der Waals surface area contributed by atoms with Gasteiger partial charge in [-0.1, -0.05) is 30.3 Å². The maximum atomic E-state index is 5.58. The molecule has 2 aromatic carbocycles. The van der Waals surface area contributed by atoms with Gasteiger partial charge in [0.1, 0.15) is 6.26 Å². The largest absolute Gasteiger partial charge is 0.444 e. The summed E-state index contributed by atoms with van der Waals surface area (Å²) in [5, 5.41) is 6.65. The molecular formula is C22H27N5O. The molecule has 0 atom stereocenters. The minimum absolute atomic E-state index is 0.532. The number of aryl methyl sites for hydroxylation is 1. The summed E-state index contributed by atoms with van der Waals surface area (Å²) in [5.74, 6) is 1.34. The predicted molar refractivity (Wildman–Crippen MR) is 114 cm³/mol. The van der Waals surface area contributed by atoms with Crippen molar-refractivity contribution in [2.45, 2.75) is 20.0 Å². The molecule has 2 N–H and O–H groups in total. The molecular weight excluding hydrogens is 350 g/mol. The second kappa shape index (κ2) is 9.08. The summed E-state index contributed by atoms with van der Waals surface area (Å²) in [5.41, 5.74) is 5.45. The molecule has 0 aliphatic rings. The fraction of sp³-hybridized carbons (Fsp3) is 0.273. The standard InChI is InChI=1S/C22H27N5O/c1-16-10-11-18(20(12-16)27(3)4)13-24-22(23-2)25-14-19-15-28-21(26-19)17-8-6-5-7-9-17/h5-12,15H,13-14H2,1-4H3,(H2,23,24,25). The Morgan fingerprint density at radius 1 is 1.07 bits per heavy atom. The van der Waals surface area contributed by atoms with Crippen molar-refractivity contribution in [2.24, 2.45) is 4.99 Å². The molecule has 3 aromatic rings. The van der Waals surface area contributed by atoms with Crippen LogP contribution in [-0.4, -0.2) is 32.1 Å². The molecule has 0 saturated carbocycles. The first-order valence-electron chi connectivity index (χ1n) is 9.28. The van der Waals surface area contributed by atoms with Crippen LogP contribution in [0.25, 0.3) is 11.5 Å². The number of nitrogens with zero attached hydrogens (tertiary/aromatic N) is 3. The van der Waals surface area contributed by atoms with Crippen molar-refractivity contribution in [1.29, 1.82) is 0 Å². The highest BCUT2D eigenvalue weighted by Gasteiger charge is 2.08. The minimum atomic E-state index is 0.532. The van der Waals surface area contributed by atoms with Crippen molar-refractivity contribution >= 4 is 11.6 Å². The lowest BCUT2D eigenvalue weighted by atomic mass is 10.1. The summed E-state index contributed by atoms with van der Waals surface area (Å²) in [7, 11) is 5.87. The van der Waals surface area contributed by atoms with Gasteiger partial charge in [-0.3, -0.25) is 4.99 Å². The molecule has 0 bridgehead atoms. The second-order valence-corrected chi connectivity index (χ2v) is 6.82. The van der Waals surface area contributed by atoms with Gasteiger partial charge in [-0.15, -0.1) is 0 Å². The van der Waals surface area contributed by atoms with Gasteiger partial charge in [-0.2, -0.15) is 0 Å². The Morgan fingerprint density at radius 3 is 2.54 bits per heavy atom. The van der Waals surface area contributed by atoms with Crippen molar-refractivity contribution in [3.8, 4) is 11.5 Å². The lowest BCUT2D eigenvalue weighted by Gasteiger charge is -2.19. The quantitative estimate of drug-likeness (QED) is 0.508. The van der Waals surface area contributed by atoms with E-state index in [9.17, 15) is 0 Å². The highest BCUT2D eigenvalue weighted by atomic mass is 16.3. The Balaban J connectivity index is 1.58. The lowest BCUT2D eigenvalue weighted by molar-refractivity contribution is 0.572. The van der Waals surface area contributed by atoms with Crippen LogP contribution in [0.2, 0.25) is 0 Å². The van der Waals surface area contributed by atoms with Crippen molar-refractivity contribution < 1.29 is 4.42 Å². The van der Waals surface area contributed by atoms with Gasteiger partial charge in [0.15, 0.2) is 5.96 Å². The monoisotopic (exact) mass is 377 g/mol. The van der Waals surface area contributed by atoms with E-state index in [-0.39, 0.29) is 0 Å². The number of hydrogen-bond donors (Lipinski definition) is 2. The molecule has 0 spiro atoms. The van der Waals surface area contributed by atoms with E-state index in [2.05, 4.69) is 64.7 Å². The summed E-state index contributed by atoms with van der Waals surface area (Å²) in [4.78, 5) is 11.0. The molecule has 146 valence electrons. The first kappa shape index (κ1) is 19.5. The first-order valence-corrected chi connectivity index (χ1v) is 9.28. The maximum Gasteiger partial charge on any atom is 0.226 e. The zero-order valence-corrected chi connectivity index (χ0v) is 16.9. The SMILES string of the molecule is CN=C(NCc1coc(-c2ccccc2)n1)NCc1ccc(C)cc1N(C)C. The molecule has 0 aliphatic heterocycles. The summed E-state index contributed by atoms with van der Waals surface area (Å²) in [6.07, 6.45) is 1.67. The fourth-order valence-corrected chi connectivity index (χ4v) is 2.92. The van der Waals surface area contributed by atoms with E-state index >= 15 is 0 Å². The van der Waals surface area contributed by atoms with Gasteiger partial charge in [-0.25, -0.2) is 4.98 Å². The molecule has 0 saturated heterocycles. The van der Waals surface area contributed by atoms with E-state index in [4.69, 9.17) is 4.42 Å². The van der Waals surface area contributed by atoms with Crippen molar-refractivity contribution in [2.75, 3.05) is 26.0 Å². The van der Waals surface area contributed by atoms with E-state index < -0.39 is 0 Å². The lowest BCUT2D eigenvalue weighted by Crippen LogP contribution is -2.36. The Labute approximate surface area is 166 Å². The number of nitrogens with one attached hydrogen (secondary N) is 2. The van der Waals surface area contributed by atoms with Crippen LogP contribution in [0.1, 0.15) is 16.8 Å². The maximum absolute atomic E-state index is 5.58. The van der Waals surface area contributed by atoms with Crippen LogP contribution in [0.4, 0.5) is 5.69 Å². The van der Waals surface area contributed by atoms with Gasteiger partial charge in [-0.05, 0) is 36.2 Å². The Kier molecular flexibility index (Phi) is 6.32. The second-order valence-electron chi connectivity index (χ2n) is 6.82. The molecule has 0 fully saturated rings. The number of rotatable bonds is 6. The molecule has 0 amide bonds. The van der Waals surface area contributed by atoms with E-state index in [1.807, 2.05) is 30.3 Å². The molecule has 1 aromatic heterocycles. The topological polar surface area (TPSA) is 65.7 Å². The minimum Gasteiger partial charge on any atom is -0.444 e. The highest BCUT2D eigenvalue weighted by molar-refractivity contribution is 5.79.